The van der Waals surface area contributed by atoms with Gasteiger partial charge in [0.1, 0.15) is 5.75 Å². The molecule has 0 spiro atoms. The van der Waals surface area contributed by atoms with Crippen LogP contribution in [-0.2, 0) is 10.3 Å². The summed E-state index contributed by atoms with van der Waals surface area (Å²) >= 11 is 0. The highest BCUT2D eigenvalue weighted by atomic mass is 19.3. The van der Waals surface area contributed by atoms with Gasteiger partial charge in [0.15, 0.2) is 0 Å². The lowest BCUT2D eigenvalue weighted by atomic mass is 9.94. The standard InChI is InChI=1S/C11H11F2NO2/c1-11(2,14-7-15)8-5-3-4-6-9(8)16-10(12)13/h3-6,10H,1-2H3. The van der Waals surface area contributed by atoms with E-state index in [2.05, 4.69) is 9.73 Å². The molecule has 0 aliphatic heterocycles. The first-order valence-corrected chi connectivity index (χ1v) is 4.60. The molecule has 0 radical (unpaired) electrons. The van der Waals surface area contributed by atoms with E-state index < -0.39 is 12.2 Å². The van der Waals surface area contributed by atoms with Crippen molar-refractivity contribution in [3.05, 3.63) is 29.8 Å². The van der Waals surface area contributed by atoms with Crippen molar-refractivity contribution in [3.8, 4) is 5.75 Å². The van der Waals surface area contributed by atoms with Gasteiger partial charge in [0.2, 0.25) is 6.08 Å². The SMILES string of the molecule is CC(C)(N=C=O)c1ccccc1OC(F)F. The molecule has 16 heavy (non-hydrogen) atoms. The Morgan fingerprint density at radius 2 is 2.00 bits per heavy atom. The molecule has 0 saturated carbocycles. The zero-order chi connectivity index (χ0) is 12.2. The van der Waals surface area contributed by atoms with E-state index in [1.54, 1.807) is 32.0 Å². The minimum absolute atomic E-state index is 0.0153. The Labute approximate surface area is 91.8 Å². The molecular weight excluding hydrogens is 216 g/mol. The molecule has 1 aromatic rings. The lowest BCUT2D eigenvalue weighted by Crippen LogP contribution is -2.16. The summed E-state index contributed by atoms with van der Waals surface area (Å²) in [6, 6.07) is 6.22. The zero-order valence-electron chi connectivity index (χ0n) is 8.91. The van der Waals surface area contributed by atoms with Gasteiger partial charge in [-0.2, -0.15) is 13.8 Å². The van der Waals surface area contributed by atoms with Crippen LogP contribution in [0.15, 0.2) is 29.3 Å². The van der Waals surface area contributed by atoms with Gasteiger partial charge in [-0.25, -0.2) is 4.79 Å². The van der Waals surface area contributed by atoms with Crippen molar-refractivity contribution in [2.24, 2.45) is 4.99 Å². The van der Waals surface area contributed by atoms with Crippen molar-refractivity contribution in [1.82, 2.24) is 0 Å². The summed E-state index contributed by atoms with van der Waals surface area (Å²) in [5.74, 6) is 0.0153. The fraction of sp³-hybridized carbons (Fsp3) is 0.364. The Kier molecular flexibility index (Phi) is 3.74. The molecule has 0 atom stereocenters. The maximum atomic E-state index is 12.1. The molecule has 0 unspecified atom stereocenters. The van der Waals surface area contributed by atoms with Gasteiger partial charge in [-0.15, -0.1) is 0 Å². The number of halogens is 2. The maximum Gasteiger partial charge on any atom is 0.387 e. The Bertz CT molecular complexity index is 412. The van der Waals surface area contributed by atoms with E-state index in [-0.39, 0.29) is 5.75 Å². The average Bonchev–Trinajstić information content (AvgIpc) is 2.17. The minimum atomic E-state index is -2.91. The molecule has 0 heterocycles. The summed E-state index contributed by atoms with van der Waals surface area (Å²) in [7, 11) is 0. The summed E-state index contributed by atoms with van der Waals surface area (Å²) in [6.45, 7) is 0.328. The highest BCUT2D eigenvalue weighted by molar-refractivity contribution is 5.43. The minimum Gasteiger partial charge on any atom is -0.434 e. The number of carbonyl (C=O) groups excluding carboxylic acids is 1. The van der Waals surface area contributed by atoms with Crippen LogP contribution in [0.2, 0.25) is 0 Å². The zero-order valence-corrected chi connectivity index (χ0v) is 8.91. The maximum absolute atomic E-state index is 12.1. The van der Waals surface area contributed by atoms with Gasteiger partial charge in [0.25, 0.3) is 0 Å². The lowest BCUT2D eigenvalue weighted by Gasteiger charge is -2.21. The van der Waals surface area contributed by atoms with E-state index in [1.165, 1.54) is 12.1 Å². The number of isocyanates is 1. The van der Waals surface area contributed by atoms with E-state index >= 15 is 0 Å². The van der Waals surface area contributed by atoms with Crippen molar-refractivity contribution >= 4 is 6.08 Å². The first-order valence-electron chi connectivity index (χ1n) is 4.60. The molecule has 1 aromatic carbocycles. The van der Waals surface area contributed by atoms with Crippen molar-refractivity contribution in [1.29, 1.82) is 0 Å². The van der Waals surface area contributed by atoms with Crippen LogP contribution < -0.4 is 4.74 Å². The third kappa shape index (κ3) is 2.87. The first-order chi connectivity index (χ1) is 7.47. The van der Waals surface area contributed by atoms with Gasteiger partial charge >= 0.3 is 6.61 Å². The van der Waals surface area contributed by atoms with Crippen LogP contribution >= 0.6 is 0 Å². The molecule has 0 N–H and O–H groups in total. The van der Waals surface area contributed by atoms with E-state index in [4.69, 9.17) is 0 Å². The van der Waals surface area contributed by atoms with Crippen molar-refractivity contribution in [2.75, 3.05) is 0 Å². The number of ether oxygens (including phenoxy) is 1. The molecule has 0 aromatic heterocycles. The largest absolute Gasteiger partial charge is 0.434 e. The summed E-state index contributed by atoms with van der Waals surface area (Å²) < 4.78 is 28.6. The first kappa shape index (κ1) is 12.3. The van der Waals surface area contributed by atoms with Gasteiger partial charge in [0.05, 0.1) is 5.54 Å². The molecule has 5 heteroatoms. The number of alkyl halides is 2. The van der Waals surface area contributed by atoms with Gasteiger partial charge in [-0.1, -0.05) is 18.2 Å². The van der Waals surface area contributed by atoms with E-state index in [0.29, 0.717) is 5.56 Å². The highest BCUT2D eigenvalue weighted by Crippen LogP contribution is 2.32. The Balaban J connectivity index is 3.17. The third-order valence-electron chi connectivity index (χ3n) is 2.09. The molecule has 0 amide bonds. The summed E-state index contributed by atoms with van der Waals surface area (Å²) in [4.78, 5) is 13.8. The summed E-state index contributed by atoms with van der Waals surface area (Å²) in [5.41, 5.74) is -0.522. The van der Waals surface area contributed by atoms with Crippen molar-refractivity contribution < 1.29 is 18.3 Å². The Hall–Kier alpha value is -1.74. The molecule has 1 rings (SSSR count). The number of hydrogen-bond donors (Lipinski definition) is 0. The van der Waals surface area contributed by atoms with E-state index in [9.17, 15) is 13.6 Å². The topological polar surface area (TPSA) is 38.7 Å². The van der Waals surface area contributed by atoms with Crippen LogP contribution in [0, 0.1) is 0 Å². The second-order valence-electron chi connectivity index (χ2n) is 3.64. The molecular formula is C11H11F2NO2. The molecule has 0 aliphatic rings. The summed E-state index contributed by atoms with van der Waals surface area (Å²) in [6.07, 6.45) is 1.42. The Morgan fingerprint density at radius 3 is 2.56 bits per heavy atom. The number of nitrogens with zero attached hydrogens (tertiary/aromatic N) is 1. The van der Waals surface area contributed by atoms with Crippen LogP contribution in [-0.4, -0.2) is 12.7 Å². The van der Waals surface area contributed by atoms with E-state index in [0.717, 1.165) is 0 Å². The van der Waals surface area contributed by atoms with Gasteiger partial charge in [-0.05, 0) is 19.9 Å². The fourth-order valence-electron chi connectivity index (χ4n) is 1.35. The third-order valence-corrected chi connectivity index (χ3v) is 2.09. The molecule has 3 nitrogen and oxygen atoms in total. The molecule has 0 saturated heterocycles. The van der Waals surface area contributed by atoms with Crippen LogP contribution in [0.5, 0.6) is 5.75 Å². The van der Waals surface area contributed by atoms with Crippen LogP contribution in [0.25, 0.3) is 0 Å². The second-order valence-corrected chi connectivity index (χ2v) is 3.64. The molecule has 0 fully saturated rings. The number of aliphatic imine (C=N–C) groups is 1. The monoisotopic (exact) mass is 227 g/mol. The van der Waals surface area contributed by atoms with Gasteiger partial charge < -0.3 is 4.74 Å². The van der Waals surface area contributed by atoms with Crippen molar-refractivity contribution in [3.63, 3.8) is 0 Å². The predicted molar refractivity (Wildman–Crippen MR) is 54.2 cm³/mol. The molecule has 0 bridgehead atoms. The second kappa shape index (κ2) is 4.86. The number of hydrogen-bond acceptors (Lipinski definition) is 3. The van der Waals surface area contributed by atoms with E-state index in [1.807, 2.05) is 0 Å². The molecule has 0 aliphatic carbocycles. The van der Waals surface area contributed by atoms with Crippen LogP contribution in [0.1, 0.15) is 19.4 Å². The normalized spacial score (nSPS) is 11.1. The van der Waals surface area contributed by atoms with Crippen LogP contribution in [0.4, 0.5) is 8.78 Å². The predicted octanol–water partition coefficient (Wildman–Crippen LogP) is 2.86. The number of para-hydroxylation sites is 1. The fourth-order valence-corrected chi connectivity index (χ4v) is 1.35. The smallest absolute Gasteiger partial charge is 0.387 e. The average molecular weight is 227 g/mol. The quantitative estimate of drug-likeness (QED) is 0.586. The highest BCUT2D eigenvalue weighted by Gasteiger charge is 2.24. The summed E-state index contributed by atoms with van der Waals surface area (Å²) in [5, 5.41) is 0. The molecule has 86 valence electrons. The van der Waals surface area contributed by atoms with Crippen LogP contribution in [0.3, 0.4) is 0 Å². The van der Waals surface area contributed by atoms with Gasteiger partial charge in [0, 0.05) is 5.56 Å². The lowest BCUT2D eigenvalue weighted by molar-refractivity contribution is -0.0509. The number of rotatable bonds is 4. The van der Waals surface area contributed by atoms with Crippen molar-refractivity contribution in [2.45, 2.75) is 26.0 Å². The number of benzene rings is 1. The Morgan fingerprint density at radius 1 is 1.38 bits per heavy atom. The van der Waals surface area contributed by atoms with Gasteiger partial charge in [-0.3, -0.25) is 0 Å².